The molecular formula is C38H28NO4P. The molecule has 0 spiro atoms. The molecule has 1 aliphatic heterocycles. The lowest BCUT2D eigenvalue weighted by Crippen LogP contribution is -2.26. The number of fused-ring (bicyclic) bond motifs is 6. The first-order valence-electron chi connectivity index (χ1n) is 14.5. The van der Waals surface area contributed by atoms with Crippen LogP contribution in [0.2, 0.25) is 0 Å². The molecular weight excluding hydrogens is 565 g/mol. The van der Waals surface area contributed by atoms with Gasteiger partial charge in [-0.25, -0.2) is 0 Å². The lowest BCUT2D eigenvalue weighted by atomic mass is 10.0. The highest BCUT2D eigenvalue weighted by atomic mass is 31.2. The van der Waals surface area contributed by atoms with Crippen LogP contribution in [-0.4, -0.2) is 18.8 Å². The second kappa shape index (κ2) is 10.2. The lowest BCUT2D eigenvalue weighted by Gasteiger charge is -2.30. The molecule has 0 N–H and O–H groups in total. The van der Waals surface area contributed by atoms with Crippen molar-refractivity contribution in [1.29, 1.82) is 0 Å². The van der Waals surface area contributed by atoms with E-state index >= 15 is 4.57 Å². The van der Waals surface area contributed by atoms with Gasteiger partial charge in [0.1, 0.15) is 22.8 Å². The van der Waals surface area contributed by atoms with Crippen LogP contribution in [0.5, 0.6) is 17.2 Å². The summed E-state index contributed by atoms with van der Waals surface area (Å²) in [6, 6.07) is 44.2. The summed E-state index contributed by atoms with van der Waals surface area (Å²) < 4.78 is 36.5. The zero-order valence-electron chi connectivity index (χ0n) is 24.2. The zero-order chi connectivity index (χ0) is 29.8. The Hall–Kier alpha value is -5.25. The highest BCUT2D eigenvalue weighted by Crippen LogP contribution is 2.57. The lowest BCUT2D eigenvalue weighted by molar-refractivity contribution is 0.411. The Morgan fingerprint density at radius 1 is 0.636 bits per heavy atom. The predicted molar refractivity (Wildman–Crippen MR) is 179 cm³/mol. The molecule has 44 heavy (non-hydrogen) atoms. The summed E-state index contributed by atoms with van der Waals surface area (Å²) in [6.07, 6.45) is 0. The smallest absolute Gasteiger partial charge is 0.311 e. The maximum atomic E-state index is 15.4. The minimum atomic E-state index is -3.71. The van der Waals surface area contributed by atoms with Crippen LogP contribution < -0.4 is 24.6 Å². The minimum absolute atomic E-state index is 0.462. The van der Waals surface area contributed by atoms with Crippen LogP contribution >= 0.6 is 7.37 Å². The van der Waals surface area contributed by atoms with Crippen LogP contribution in [0, 0.1) is 0 Å². The Bertz CT molecular complexity index is 2260. The molecule has 1 aliphatic rings. The van der Waals surface area contributed by atoms with E-state index < -0.39 is 7.37 Å². The molecule has 0 fully saturated rings. The number of ether oxygens (including phenoxy) is 2. The van der Waals surface area contributed by atoms with E-state index in [0.29, 0.717) is 27.9 Å². The van der Waals surface area contributed by atoms with Crippen molar-refractivity contribution in [2.45, 2.75) is 0 Å². The van der Waals surface area contributed by atoms with Crippen LogP contribution in [-0.2, 0) is 4.57 Å². The number of methoxy groups -OCH3 is 2. The number of rotatable bonds is 5. The summed E-state index contributed by atoms with van der Waals surface area (Å²) >= 11 is 0. The molecule has 7 aromatic rings. The molecule has 0 saturated carbocycles. The maximum absolute atomic E-state index is 15.4. The molecule has 6 heteroatoms. The van der Waals surface area contributed by atoms with Gasteiger partial charge in [-0.2, -0.15) is 0 Å². The molecule has 214 valence electrons. The van der Waals surface area contributed by atoms with Crippen molar-refractivity contribution in [1.82, 2.24) is 4.57 Å². The summed E-state index contributed by atoms with van der Waals surface area (Å²) in [4.78, 5) is 0. The summed E-state index contributed by atoms with van der Waals surface area (Å²) in [5.74, 6) is 1.66. The van der Waals surface area contributed by atoms with Gasteiger partial charge < -0.3 is 18.6 Å². The number of hydrogen-bond donors (Lipinski definition) is 0. The third kappa shape index (κ3) is 3.83. The third-order valence-corrected chi connectivity index (χ3v) is 10.9. The maximum Gasteiger partial charge on any atom is 0.311 e. The Kier molecular flexibility index (Phi) is 6.11. The number of nitrogens with zero attached hydrogens (tertiary/aromatic N) is 1. The van der Waals surface area contributed by atoms with Gasteiger partial charge in [-0.3, -0.25) is 4.57 Å². The average Bonchev–Trinajstić information content (AvgIpc) is 3.43. The number of benzene rings is 6. The fourth-order valence-electron chi connectivity index (χ4n) is 6.47. The SMILES string of the molecule is COc1c(P2(=O)Oc3ccccc3-c3ccccc32)cc(OC)c2c1c1cc(-c3ccccc3)ccc1n2-c1ccccc1. The Balaban J connectivity index is 1.51. The molecule has 8 rings (SSSR count). The van der Waals surface area contributed by atoms with Crippen molar-refractivity contribution < 1.29 is 18.6 Å². The van der Waals surface area contributed by atoms with E-state index in [9.17, 15) is 0 Å². The van der Waals surface area contributed by atoms with Gasteiger partial charge >= 0.3 is 7.37 Å². The Morgan fingerprint density at radius 3 is 2.07 bits per heavy atom. The molecule has 0 aliphatic carbocycles. The van der Waals surface area contributed by atoms with Crippen molar-refractivity contribution in [3.8, 4) is 45.2 Å². The van der Waals surface area contributed by atoms with Gasteiger partial charge in [0.2, 0.25) is 0 Å². The Morgan fingerprint density at radius 2 is 1.32 bits per heavy atom. The normalized spacial score (nSPS) is 15.4. The summed E-state index contributed by atoms with van der Waals surface area (Å²) in [5.41, 5.74) is 6.76. The number of para-hydroxylation sites is 2. The van der Waals surface area contributed by atoms with Crippen molar-refractivity contribution in [2.75, 3.05) is 14.2 Å². The molecule has 0 saturated heterocycles. The molecule has 1 atom stereocenters. The fraction of sp³-hybridized carbons (Fsp3) is 0.0526. The number of hydrogen-bond acceptors (Lipinski definition) is 4. The molecule has 0 bridgehead atoms. The zero-order valence-corrected chi connectivity index (χ0v) is 25.1. The van der Waals surface area contributed by atoms with Crippen LogP contribution in [0.1, 0.15) is 0 Å². The van der Waals surface area contributed by atoms with Crippen molar-refractivity contribution in [3.63, 3.8) is 0 Å². The quantitative estimate of drug-likeness (QED) is 0.187. The van der Waals surface area contributed by atoms with Gasteiger partial charge in [0, 0.05) is 22.7 Å². The van der Waals surface area contributed by atoms with Gasteiger partial charge in [-0.05, 0) is 53.1 Å². The van der Waals surface area contributed by atoms with E-state index in [1.807, 2.05) is 91.0 Å². The van der Waals surface area contributed by atoms with E-state index in [4.69, 9.17) is 14.0 Å². The molecule has 0 radical (unpaired) electrons. The van der Waals surface area contributed by atoms with Crippen LogP contribution in [0.25, 0.3) is 49.7 Å². The van der Waals surface area contributed by atoms with E-state index in [1.54, 1.807) is 14.2 Å². The third-order valence-electron chi connectivity index (χ3n) is 8.42. The second-order valence-corrected chi connectivity index (χ2v) is 13.0. The first kappa shape index (κ1) is 26.4. The van der Waals surface area contributed by atoms with E-state index in [1.165, 1.54) is 0 Å². The predicted octanol–water partition coefficient (Wildman–Crippen LogP) is 8.76. The molecule has 1 aromatic heterocycles. The average molecular weight is 594 g/mol. The van der Waals surface area contributed by atoms with Gasteiger partial charge in [0.05, 0.1) is 35.7 Å². The standard InChI is InChI=1S/C38H28NO4P/c1-41-33-24-35(44(40)34-20-12-10-18-29(34)28-17-9-11-19-32(28)43-44)38(42-2)36-30-23-26(25-13-5-3-6-14-25)21-22-31(30)39(37(33)36)27-15-7-4-8-16-27/h3-24H,1-2H3. The molecule has 0 amide bonds. The van der Waals surface area contributed by atoms with E-state index in [-0.39, 0.29) is 0 Å². The molecule has 6 aromatic carbocycles. The molecule has 2 heterocycles. The fourth-order valence-corrected chi connectivity index (χ4v) is 8.91. The van der Waals surface area contributed by atoms with E-state index in [0.717, 1.165) is 49.7 Å². The Labute approximate surface area is 255 Å². The minimum Gasteiger partial charge on any atom is -0.495 e. The molecule has 1 unspecified atom stereocenters. The monoisotopic (exact) mass is 593 g/mol. The van der Waals surface area contributed by atoms with E-state index in [2.05, 4.69) is 47.0 Å². The van der Waals surface area contributed by atoms with Crippen LogP contribution in [0.15, 0.2) is 133 Å². The van der Waals surface area contributed by atoms with Gasteiger partial charge in [0.25, 0.3) is 0 Å². The highest BCUT2D eigenvalue weighted by molar-refractivity contribution is 7.75. The summed E-state index contributed by atoms with van der Waals surface area (Å²) in [5, 5.41) is 2.87. The summed E-state index contributed by atoms with van der Waals surface area (Å²) in [7, 11) is -0.432. The van der Waals surface area contributed by atoms with Gasteiger partial charge in [-0.15, -0.1) is 0 Å². The highest BCUT2D eigenvalue weighted by Gasteiger charge is 2.42. The van der Waals surface area contributed by atoms with Crippen LogP contribution in [0.4, 0.5) is 0 Å². The van der Waals surface area contributed by atoms with Crippen molar-refractivity contribution in [2.24, 2.45) is 0 Å². The van der Waals surface area contributed by atoms with Gasteiger partial charge in [0.15, 0.2) is 0 Å². The second-order valence-electron chi connectivity index (χ2n) is 10.8. The largest absolute Gasteiger partial charge is 0.495 e. The van der Waals surface area contributed by atoms with Crippen LogP contribution in [0.3, 0.4) is 0 Å². The first-order valence-corrected chi connectivity index (χ1v) is 16.1. The topological polar surface area (TPSA) is 49.7 Å². The van der Waals surface area contributed by atoms with Crippen molar-refractivity contribution >= 4 is 39.8 Å². The first-order chi connectivity index (χ1) is 21.6. The van der Waals surface area contributed by atoms with Crippen molar-refractivity contribution in [3.05, 3.63) is 133 Å². The number of aromatic nitrogens is 1. The van der Waals surface area contributed by atoms with Gasteiger partial charge in [-0.1, -0.05) is 91.0 Å². The summed E-state index contributed by atoms with van der Waals surface area (Å²) in [6.45, 7) is 0. The molecule has 5 nitrogen and oxygen atoms in total.